The molecule has 1 nitrogen and oxygen atoms in total. The summed E-state index contributed by atoms with van der Waals surface area (Å²) in [6, 6.07) is 2.21. The Kier molecular flexibility index (Phi) is 2.75. The lowest BCUT2D eigenvalue weighted by atomic mass is 10.1. The van der Waals surface area contributed by atoms with Crippen LogP contribution in [0.4, 0.5) is 0 Å². The first-order valence-corrected chi connectivity index (χ1v) is 4.39. The maximum atomic E-state index is 2.26. The third-order valence-corrected chi connectivity index (χ3v) is 1.92. The van der Waals surface area contributed by atoms with Gasteiger partial charge in [0.25, 0.3) is 0 Å². The molecule has 0 spiro atoms. The molecule has 0 saturated carbocycles. The summed E-state index contributed by atoms with van der Waals surface area (Å²) >= 11 is 0. The Morgan fingerprint density at radius 1 is 1.45 bits per heavy atom. The van der Waals surface area contributed by atoms with Crippen LogP contribution in [0.5, 0.6) is 0 Å². The number of hydrogen-bond donors (Lipinski definition) is 0. The van der Waals surface area contributed by atoms with E-state index >= 15 is 0 Å². The van der Waals surface area contributed by atoms with Crippen molar-refractivity contribution >= 4 is 0 Å². The molecule has 0 fully saturated rings. The van der Waals surface area contributed by atoms with Crippen molar-refractivity contribution in [2.24, 2.45) is 0 Å². The Balaban J connectivity index is 2.66. The van der Waals surface area contributed by atoms with E-state index < -0.39 is 0 Å². The zero-order chi connectivity index (χ0) is 8.27. The van der Waals surface area contributed by atoms with E-state index in [4.69, 9.17) is 0 Å². The first kappa shape index (κ1) is 8.38. The van der Waals surface area contributed by atoms with Crippen LogP contribution in [0.15, 0.2) is 18.5 Å². The summed E-state index contributed by atoms with van der Waals surface area (Å²) in [4.78, 5) is 0. The lowest BCUT2D eigenvalue weighted by Crippen LogP contribution is -1.91. The average Bonchev–Trinajstić information content (AvgIpc) is 2.37. The summed E-state index contributed by atoms with van der Waals surface area (Å²) in [7, 11) is 0. The van der Waals surface area contributed by atoms with Crippen molar-refractivity contribution in [1.82, 2.24) is 4.57 Å². The van der Waals surface area contributed by atoms with E-state index in [2.05, 4.69) is 43.8 Å². The van der Waals surface area contributed by atoms with Crippen LogP contribution in [0.25, 0.3) is 0 Å². The Hall–Kier alpha value is -0.720. The Bertz CT molecular complexity index is 210. The second-order valence-electron chi connectivity index (χ2n) is 3.34. The molecule has 0 aliphatic heterocycles. The molecule has 0 N–H and O–H groups in total. The van der Waals surface area contributed by atoms with Gasteiger partial charge in [0.1, 0.15) is 0 Å². The first-order chi connectivity index (χ1) is 5.24. The molecule has 1 heteroatoms. The Morgan fingerprint density at radius 2 is 2.18 bits per heavy atom. The van der Waals surface area contributed by atoms with Gasteiger partial charge in [-0.25, -0.2) is 0 Å². The van der Waals surface area contributed by atoms with Gasteiger partial charge in [-0.05, 0) is 24.0 Å². The minimum atomic E-state index is 0.660. The van der Waals surface area contributed by atoms with Crippen LogP contribution in [-0.4, -0.2) is 4.57 Å². The third kappa shape index (κ3) is 2.11. The Labute approximate surface area is 69.0 Å². The molecular weight excluding hydrogens is 134 g/mol. The zero-order valence-corrected chi connectivity index (χ0v) is 7.67. The van der Waals surface area contributed by atoms with Crippen LogP contribution in [0.3, 0.4) is 0 Å². The van der Waals surface area contributed by atoms with Gasteiger partial charge in [-0.15, -0.1) is 0 Å². The van der Waals surface area contributed by atoms with Crippen LogP contribution >= 0.6 is 0 Å². The quantitative estimate of drug-likeness (QED) is 0.625. The average molecular weight is 151 g/mol. The van der Waals surface area contributed by atoms with E-state index in [1.165, 1.54) is 12.0 Å². The van der Waals surface area contributed by atoms with E-state index in [0.717, 1.165) is 6.54 Å². The minimum Gasteiger partial charge on any atom is -0.354 e. The molecule has 1 aromatic heterocycles. The molecule has 0 bridgehead atoms. The lowest BCUT2D eigenvalue weighted by molar-refractivity contribution is 0.679. The largest absolute Gasteiger partial charge is 0.354 e. The number of rotatable bonds is 3. The van der Waals surface area contributed by atoms with Crippen LogP contribution in [0.1, 0.15) is 38.7 Å². The zero-order valence-electron chi connectivity index (χ0n) is 7.67. The normalized spacial score (nSPS) is 10.9. The van der Waals surface area contributed by atoms with E-state index in [0.29, 0.717) is 5.92 Å². The smallest absolute Gasteiger partial charge is 0.0217 e. The van der Waals surface area contributed by atoms with Gasteiger partial charge in [0.05, 0.1) is 0 Å². The van der Waals surface area contributed by atoms with Gasteiger partial charge >= 0.3 is 0 Å². The van der Waals surface area contributed by atoms with Gasteiger partial charge in [0.2, 0.25) is 0 Å². The summed E-state index contributed by atoms with van der Waals surface area (Å²) in [5, 5.41) is 0. The standard InChI is InChI=1S/C10H17N/c1-4-6-11-7-5-10(8-11)9(2)3/h5,7-9H,4,6H2,1-3H3. The summed E-state index contributed by atoms with van der Waals surface area (Å²) < 4.78 is 2.26. The highest BCUT2D eigenvalue weighted by molar-refractivity contribution is 5.14. The second kappa shape index (κ2) is 3.61. The fraction of sp³-hybridized carbons (Fsp3) is 0.600. The Morgan fingerprint density at radius 3 is 2.64 bits per heavy atom. The molecule has 0 unspecified atom stereocenters. The molecule has 0 amide bonds. The SMILES string of the molecule is CCCn1ccc(C(C)C)c1. The fourth-order valence-electron chi connectivity index (χ4n) is 1.20. The second-order valence-corrected chi connectivity index (χ2v) is 3.34. The topological polar surface area (TPSA) is 4.93 Å². The van der Waals surface area contributed by atoms with E-state index in [-0.39, 0.29) is 0 Å². The number of aromatic nitrogens is 1. The van der Waals surface area contributed by atoms with Gasteiger partial charge in [-0.2, -0.15) is 0 Å². The van der Waals surface area contributed by atoms with Crippen molar-refractivity contribution in [3.05, 3.63) is 24.0 Å². The molecule has 1 rings (SSSR count). The highest BCUT2D eigenvalue weighted by Crippen LogP contribution is 2.13. The maximum Gasteiger partial charge on any atom is 0.0217 e. The van der Waals surface area contributed by atoms with Crippen LogP contribution in [0, 0.1) is 0 Å². The van der Waals surface area contributed by atoms with E-state index in [1.807, 2.05) is 0 Å². The van der Waals surface area contributed by atoms with Crippen molar-refractivity contribution in [2.75, 3.05) is 0 Å². The summed E-state index contributed by atoms with van der Waals surface area (Å²) in [5.41, 5.74) is 1.44. The molecule has 1 aromatic rings. The molecule has 11 heavy (non-hydrogen) atoms. The van der Waals surface area contributed by atoms with Gasteiger partial charge in [0.15, 0.2) is 0 Å². The lowest BCUT2D eigenvalue weighted by Gasteiger charge is -2.00. The minimum absolute atomic E-state index is 0.660. The summed E-state index contributed by atoms with van der Waals surface area (Å²) in [6.07, 6.45) is 5.62. The molecule has 0 aliphatic rings. The predicted octanol–water partition coefficient (Wildman–Crippen LogP) is 3.02. The maximum absolute atomic E-state index is 2.26. The van der Waals surface area contributed by atoms with Crippen LogP contribution in [-0.2, 0) is 6.54 Å². The van der Waals surface area contributed by atoms with Gasteiger partial charge in [-0.3, -0.25) is 0 Å². The van der Waals surface area contributed by atoms with E-state index in [9.17, 15) is 0 Å². The van der Waals surface area contributed by atoms with Crippen molar-refractivity contribution in [3.63, 3.8) is 0 Å². The molecule has 0 atom stereocenters. The molecule has 0 aliphatic carbocycles. The van der Waals surface area contributed by atoms with Crippen LogP contribution in [0.2, 0.25) is 0 Å². The predicted molar refractivity (Wildman–Crippen MR) is 48.8 cm³/mol. The van der Waals surface area contributed by atoms with Crippen LogP contribution < -0.4 is 0 Å². The van der Waals surface area contributed by atoms with Gasteiger partial charge < -0.3 is 4.57 Å². The number of aryl methyl sites for hydroxylation is 1. The number of hydrogen-bond acceptors (Lipinski definition) is 0. The summed E-state index contributed by atoms with van der Waals surface area (Å²) in [5.74, 6) is 0.660. The summed E-state index contributed by atoms with van der Waals surface area (Å²) in [6.45, 7) is 7.80. The molecule has 0 saturated heterocycles. The molecule has 0 aromatic carbocycles. The van der Waals surface area contributed by atoms with Crippen molar-refractivity contribution in [3.8, 4) is 0 Å². The first-order valence-electron chi connectivity index (χ1n) is 4.39. The molecule has 0 radical (unpaired) electrons. The fourth-order valence-corrected chi connectivity index (χ4v) is 1.20. The highest BCUT2D eigenvalue weighted by atomic mass is 14.9. The van der Waals surface area contributed by atoms with Gasteiger partial charge in [0, 0.05) is 18.9 Å². The molecule has 62 valence electrons. The number of nitrogens with zero attached hydrogens (tertiary/aromatic N) is 1. The van der Waals surface area contributed by atoms with Gasteiger partial charge in [-0.1, -0.05) is 20.8 Å². The molecular formula is C10H17N. The third-order valence-electron chi connectivity index (χ3n) is 1.92. The van der Waals surface area contributed by atoms with Crippen molar-refractivity contribution < 1.29 is 0 Å². The molecule has 1 heterocycles. The highest BCUT2D eigenvalue weighted by Gasteiger charge is 1.99. The van der Waals surface area contributed by atoms with Crippen molar-refractivity contribution in [1.29, 1.82) is 0 Å². The monoisotopic (exact) mass is 151 g/mol. The van der Waals surface area contributed by atoms with E-state index in [1.54, 1.807) is 0 Å². The van der Waals surface area contributed by atoms with Crippen molar-refractivity contribution in [2.45, 2.75) is 39.7 Å².